The second-order valence-electron chi connectivity index (χ2n) is 10.8. The summed E-state index contributed by atoms with van der Waals surface area (Å²) in [5.41, 5.74) is 2.82. The quantitative estimate of drug-likeness (QED) is 0.244. The molecule has 6 rings (SSSR count). The monoisotopic (exact) mass is 558 g/mol. The fourth-order valence-electron chi connectivity index (χ4n) is 5.59. The van der Waals surface area contributed by atoms with Gasteiger partial charge in [-0.25, -0.2) is 23.7 Å². The maximum absolute atomic E-state index is 13.7. The normalized spacial score (nSPS) is 20.1. The number of aryl methyl sites for hydroxylation is 1. The highest BCUT2D eigenvalue weighted by Crippen LogP contribution is 2.41. The van der Waals surface area contributed by atoms with Crippen molar-refractivity contribution in [3.8, 4) is 22.9 Å². The second-order valence-corrected chi connectivity index (χ2v) is 10.8. The zero-order chi connectivity index (χ0) is 28.4. The van der Waals surface area contributed by atoms with Gasteiger partial charge in [0.25, 0.3) is 0 Å². The number of ether oxygens (including phenoxy) is 1. The third-order valence-corrected chi connectivity index (χ3v) is 7.77. The smallest absolute Gasteiger partial charge is 0.248 e. The van der Waals surface area contributed by atoms with Crippen molar-refractivity contribution in [2.24, 2.45) is 5.92 Å². The van der Waals surface area contributed by atoms with E-state index in [0.29, 0.717) is 34.5 Å². The molecule has 0 unspecified atom stereocenters. The van der Waals surface area contributed by atoms with Crippen molar-refractivity contribution in [2.45, 2.75) is 51.0 Å². The highest BCUT2D eigenvalue weighted by molar-refractivity contribution is 6.05. The second kappa shape index (κ2) is 11.4. The molecule has 4 aromatic rings. The minimum Gasteiger partial charge on any atom is -0.437 e. The molecule has 0 spiro atoms. The summed E-state index contributed by atoms with van der Waals surface area (Å²) in [4.78, 5) is 26.5. The molecule has 3 N–H and O–H groups in total. The summed E-state index contributed by atoms with van der Waals surface area (Å²) in [6.07, 6.45) is 5.04. The summed E-state index contributed by atoms with van der Waals surface area (Å²) < 4.78 is 33.9. The van der Waals surface area contributed by atoms with Crippen molar-refractivity contribution in [2.75, 3.05) is 23.7 Å². The van der Waals surface area contributed by atoms with Crippen molar-refractivity contribution in [1.29, 1.82) is 0 Å². The van der Waals surface area contributed by atoms with Crippen LogP contribution in [0.5, 0.6) is 11.6 Å². The Morgan fingerprint density at radius 3 is 2.76 bits per heavy atom. The third kappa shape index (κ3) is 5.97. The van der Waals surface area contributed by atoms with Gasteiger partial charge in [-0.2, -0.15) is 0 Å². The Labute approximate surface area is 237 Å². The molecule has 212 valence electrons. The van der Waals surface area contributed by atoms with Gasteiger partial charge in [-0.15, -0.1) is 0 Å². The lowest BCUT2D eigenvalue weighted by Gasteiger charge is -2.23. The molecule has 0 radical (unpaired) electrons. The molecule has 1 amide bonds. The van der Waals surface area contributed by atoms with E-state index >= 15 is 0 Å². The van der Waals surface area contributed by atoms with Crippen LogP contribution in [0.2, 0.25) is 0 Å². The van der Waals surface area contributed by atoms with Crippen molar-refractivity contribution in [3.05, 3.63) is 66.5 Å². The Hall–Kier alpha value is -4.18. The minimum atomic E-state index is -2.78. The Morgan fingerprint density at radius 1 is 1.05 bits per heavy atom. The minimum absolute atomic E-state index is 0.178. The first-order valence-corrected chi connectivity index (χ1v) is 14.0. The van der Waals surface area contributed by atoms with Crippen LogP contribution in [0.15, 0.2) is 60.9 Å². The molecule has 2 aliphatic rings. The summed E-state index contributed by atoms with van der Waals surface area (Å²) in [7, 11) is 0. The van der Waals surface area contributed by atoms with Crippen LogP contribution in [0.25, 0.3) is 22.0 Å². The standard InChI is InChI=1S/C31H32F2N6O2/c1-19-9-10-22-23(6-2-8-25(22)38-28(40)20-11-13-31(32,33)17-20)27(19)41-29-24(7-4-15-35-29)26-12-16-36-30(39-26)37-21-5-3-14-34-18-21/h2,4,6-10,12,15-16,20-21,34H,3,5,11,13-14,17-18H2,1H3,(H,38,40)(H,36,37,39)/t20-,21+/m1/s1. The lowest BCUT2D eigenvalue weighted by atomic mass is 10.0. The van der Waals surface area contributed by atoms with Crippen LogP contribution in [0.4, 0.5) is 20.4 Å². The molecule has 1 aliphatic carbocycles. The molecular weight excluding hydrogens is 526 g/mol. The van der Waals surface area contributed by atoms with Crippen LogP contribution in [-0.2, 0) is 4.79 Å². The van der Waals surface area contributed by atoms with E-state index < -0.39 is 18.3 Å². The molecule has 3 heterocycles. The van der Waals surface area contributed by atoms with Gasteiger partial charge in [-0.3, -0.25) is 4.79 Å². The number of rotatable bonds is 7. The largest absolute Gasteiger partial charge is 0.437 e. The predicted octanol–water partition coefficient (Wildman–Crippen LogP) is 6.33. The molecule has 2 fully saturated rings. The molecule has 8 nitrogen and oxygen atoms in total. The fourth-order valence-corrected chi connectivity index (χ4v) is 5.59. The average Bonchev–Trinajstić information content (AvgIpc) is 3.35. The molecule has 0 bridgehead atoms. The van der Waals surface area contributed by atoms with E-state index in [1.54, 1.807) is 18.5 Å². The van der Waals surface area contributed by atoms with Crippen LogP contribution in [0, 0.1) is 12.8 Å². The van der Waals surface area contributed by atoms with Gasteiger partial charge in [0, 0.05) is 60.2 Å². The van der Waals surface area contributed by atoms with E-state index in [0.717, 1.165) is 42.3 Å². The first-order chi connectivity index (χ1) is 19.9. The molecule has 41 heavy (non-hydrogen) atoms. The Bertz CT molecular complexity index is 1570. The number of hydrogen-bond donors (Lipinski definition) is 3. The number of pyridine rings is 1. The summed E-state index contributed by atoms with van der Waals surface area (Å²) in [5.74, 6) is -2.36. The first kappa shape index (κ1) is 27.0. The van der Waals surface area contributed by atoms with E-state index in [2.05, 4.69) is 25.9 Å². The van der Waals surface area contributed by atoms with E-state index in [1.807, 2.05) is 49.4 Å². The molecule has 10 heteroatoms. The van der Waals surface area contributed by atoms with Crippen molar-refractivity contribution < 1.29 is 18.3 Å². The van der Waals surface area contributed by atoms with Crippen molar-refractivity contribution in [3.63, 3.8) is 0 Å². The molecule has 1 aliphatic heterocycles. The number of hydrogen-bond acceptors (Lipinski definition) is 7. The summed E-state index contributed by atoms with van der Waals surface area (Å²) in [5, 5.41) is 11.2. The summed E-state index contributed by atoms with van der Waals surface area (Å²) in [6.45, 7) is 3.83. The van der Waals surface area contributed by atoms with Gasteiger partial charge < -0.3 is 20.7 Å². The SMILES string of the molecule is Cc1ccc2c(NC(=O)[C@@H]3CCC(F)(F)C3)cccc2c1Oc1ncccc1-c1ccnc(N[C@H]2CCCNC2)n1. The number of nitrogens with one attached hydrogen (secondary N) is 3. The Morgan fingerprint density at radius 2 is 1.95 bits per heavy atom. The highest BCUT2D eigenvalue weighted by atomic mass is 19.3. The van der Waals surface area contributed by atoms with Gasteiger partial charge in [0.05, 0.1) is 11.3 Å². The lowest BCUT2D eigenvalue weighted by Crippen LogP contribution is -2.38. The number of alkyl halides is 2. The molecule has 1 saturated carbocycles. The lowest BCUT2D eigenvalue weighted by molar-refractivity contribution is -0.120. The topological polar surface area (TPSA) is 101 Å². The van der Waals surface area contributed by atoms with Crippen LogP contribution >= 0.6 is 0 Å². The van der Waals surface area contributed by atoms with Crippen molar-refractivity contribution >= 4 is 28.3 Å². The molecular formula is C31H32F2N6O2. The third-order valence-electron chi connectivity index (χ3n) is 7.77. The maximum Gasteiger partial charge on any atom is 0.248 e. The number of fused-ring (bicyclic) bond motifs is 1. The summed E-state index contributed by atoms with van der Waals surface area (Å²) in [6, 6.07) is 15.1. The van der Waals surface area contributed by atoms with Gasteiger partial charge in [-0.1, -0.05) is 24.3 Å². The highest BCUT2D eigenvalue weighted by Gasteiger charge is 2.42. The van der Waals surface area contributed by atoms with E-state index in [-0.39, 0.29) is 24.8 Å². The van der Waals surface area contributed by atoms with Crippen molar-refractivity contribution in [1.82, 2.24) is 20.3 Å². The Balaban J connectivity index is 1.29. The number of benzene rings is 2. The molecule has 2 aromatic carbocycles. The van der Waals surface area contributed by atoms with E-state index in [9.17, 15) is 13.6 Å². The van der Waals surface area contributed by atoms with Crippen LogP contribution in [0.3, 0.4) is 0 Å². The van der Waals surface area contributed by atoms with Gasteiger partial charge in [0.15, 0.2) is 0 Å². The number of anilines is 2. The van der Waals surface area contributed by atoms with Gasteiger partial charge in [-0.05, 0) is 62.6 Å². The number of piperidine rings is 1. The van der Waals surface area contributed by atoms with Gasteiger partial charge in [0.2, 0.25) is 23.7 Å². The zero-order valence-corrected chi connectivity index (χ0v) is 22.8. The van der Waals surface area contributed by atoms with Gasteiger partial charge in [0.1, 0.15) is 5.75 Å². The number of halogens is 2. The number of aromatic nitrogens is 3. The molecule has 2 aromatic heterocycles. The van der Waals surface area contributed by atoms with Crippen LogP contribution in [-0.4, -0.2) is 45.9 Å². The summed E-state index contributed by atoms with van der Waals surface area (Å²) >= 11 is 0. The molecule has 1 saturated heterocycles. The first-order valence-electron chi connectivity index (χ1n) is 14.0. The fraction of sp³-hybridized carbons (Fsp3) is 0.355. The van der Waals surface area contributed by atoms with Crippen LogP contribution in [0.1, 0.15) is 37.7 Å². The van der Waals surface area contributed by atoms with E-state index in [1.165, 1.54) is 0 Å². The number of amides is 1. The Kier molecular flexibility index (Phi) is 7.49. The van der Waals surface area contributed by atoms with E-state index in [4.69, 9.17) is 9.72 Å². The molecule has 2 atom stereocenters. The maximum atomic E-state index is 13.7. The average molecular weight is 559 g/mol. The zero-order valence-electron chi connectivity index (χ0n) is 22.8. The predicted molar refractivity (Wildman–Crippen MR) is 154 cm³/mol. The number of nitrogens with zero attached hydrogens (tertiary/aromatic N) is 3. The van der Waals surface area contributed by atoms with Crippen LogP contribution < -0.4 is 20.7 Å². The number of carbonyl (C=O) groups is 1. The van der Waals surface area contributed by atoms with Gasteiger partial charge >= 0.3 is 0 Å². The number of carbonyl (C=O) groups excluding carboxylic acids is 1.